The van der Waals surface area contributed by atoms with E-state index in [1.165, 1.54) is 5.56 Å². The van der Waals surface area contributed by atoms with Gasteiger partial charge in [0.15, 0.2) is 0 Å². The van der Waals surface area contributed by atoms with Crippen molar-refractivity contribution in [2.45, 2.75) is 26.8 Å². The smallest absolute Gasteiger partial charge is 0.319 e. The molecular formula is C17H23N5O. The van der Waals surface area contributed by atoms with Gasteiger partial charge in [0.25, 0.3) is 0 Å². The molecule has 2 rings (SSSR count). The fourth-order valence-corrected chi connectivity index (χ4v) is 2.12. The van der Waals surface area contributed by atoms with Gasteiger partial charge in [0, 0.05) is 25.5 Å². The molecule has 23 heavy (non-hydrogen) atoms. The lowest BCUT2D eigenvalue weighted by molar-refractivity contribution is 0.251. The molecule has 0 aliphatic rings. The van der Waals surface area contributed by atoms with Crippen LogP contribution in [0, 0.1) is 6.92 Å². The van der Waals surface area contributed by atoms with Gasteiger partial charge in [-0.05, 0) is 37.1 Å². The predicted molar refractivity (Wildman–Crippen MR) is 92.8 cm³/mol. The van der Waals surface area contributed by atoms with Gasteiger partial charge in [-0.25, -0.2) is 14.8 Å². The van der Waals surface area contributed by atoms with Gasteiger partial charge in [-0.2, -0.15) is 0 Å². The summed E-state index contributed by atoms with van der Waals surface area (Å²) in [6.45, 7) is 4.34. The Labute approximate surface area is 137 Å². The van der Waals surface area contributed by atoms with Crippen molar-refractivity contribution >= 4 is 17.7 Å². The summed E-state index contributed by atoms with van der Waals surface area (Å²) in [6.07, 6.45) is 0.935. The van der Waals surface area contributed by atoms with Crippen LogP contribution in [-0.4, -0.2) is 30.1 Å². The van der Waals surface area contributed by atoms with E-state index in [0.717, 1.165) is 23.5 Å². The number of carbonyl (C=O) groups excluding carboxylic acids is 1. The summed E-state index contributed by atoms with van der Waals surface area (Å²) in [4.78, 5) is 22.6. The topological polar surface area (TPSA) is 70.2 Å². The SMILES string of the molecule is CCc1cccc(NC(=O)NCc2cc(C)nc(N(C)C)n2)c1. The van der Waals surface area contributed by atoms with Crippen LogP contribution in [0.15, 0.2) is 30.3 Å². The summed E-state index contributed by atoms with van der Waals surface area (Å²) in [7, 11) is 3.78. The minimum atomic E-state index is -0.249. The van der Waals surface area contributed by atoms with Gasteiger partial charge < -0.3 is 15.5 Å². The first kappa shape index (κ1) is 16.7. The van der Waals surface area contributed by atoms with Crippen molar-refractivity contribution in [1.29, 1.82) is 0 Å². The third-order valence-electron chi connectivity index (χ3n) is 3.32. The van der Waals surface area contributed by atoms with E-state index >= 15 is 0 Å². The Morgan fingerprint density at radius 1 is 1.22 bits per heavy atom. The number of hydrogen-bond donors (Lipinski definition) is 2. The molecule has 122 valence electrons. The predicted octanol–water partition coefficient (Wildman–Crippen LogP) is 2.74. The van der Waals surface area contributed by atoms with E-state index in [4.69, 9.17) is 0 Å². The van der Waals surface area contributed by atoms with Crippen molar-refractivity contribution in [2.75, 3.05) is 24.3 Å². The Morgan fingerprint density at radius 2 is 2.00 bits per heavy atom. The van der Waals surface area contributed by atoms with Crippen molar-refractivity contribution in [3.8, 4) is 0 Å². The summed E-state index contributed by atoms with van der Waals surface area (Å²) >= 11 is 0. The van der Waals surface area contributed by atoms with Crippen LogP contribution in [-0.2, 0) is 13.0 Å². The second-order valence-electron chi connectivity index (χ2n) is 5.56. The minimum Gasteiger partial charge on any atom is -0.347 e. The van der Waals surface area contributed by atoms with E-state index in [0.29, 0.717) is 12.5 Å². The molecule has 0 saturated heterocycles. The first-order valence-electron chi connectivity index (χ1n) is 7.63. The van der Waals surface area contributed by atoms with Crippen LogP contribution in [0.25, 0.3) is 0 Å². The molecule has 0 atom stereocenters. The molecule has 6 heteroatoms. The summed E-state index contributed by atoms with van der Waals surface area (Å²) in [6, 6.07) is 9.43. The molecule has 0 bridgehead atoms. The molecular weight excluding hydrogens is 290 g/mol. The molecule has 2 N–H and O–H groups in total. The molecule has 0 saturated carbocycles. The maximum absolute atomic E-state index is 12.0. The highest BCUT2D eigenvalue weighted by molar-refractivity contribution is 5.89. The highest BCUT2D eigenvalue weighted by Crippen LogP contribution is 2.11. The number of carbonyl (C=O) groups is 1. The molecule has 1 aromatic carbocycles. The summed E-state index contributed by atoms with van der Waals surface area (Å²) in [5, 5.41) is 5.65. The molecule has 6 nitrogen and oxygen atoms in total. The summed E-state index contributed by atoms with van der Waals surface area (Å²) in [5.74, 6) is 0.637. The fourth-order valence-electron chi connectivity index (χ4n) is 2.12. The van der Waals surface area contributed by atoms with Gasteiger partial charge in [-0.3, -0.25) is 0 Å². The summed E-state index contributed by atoms with van der Waals surface area (Å²) < 4.78 is 0. The minimum absolute atomic E-state index is 0.249. The van der Waals surface area contributed by atoms with E-state index in [2.05, 4.69) is 27.5 Å². The quantitative estimate of drug-likeness (QED) is 0.890. The Bertz CT molecular complexity index is 684. The van der Waals surface area contributed by atoms with Crippen molar-refractivity contribution in [2.24, 2.45) is 0 Å². The lowest BCUT2D eigenvalue weighted by atomic mass is 10.1. The van der Waals surface area contributed by atoms with E-state index in [1.807, 2.05) is 56.3 Å². The largest absolute Gasteiger partial charge is 0.347 e. The van der Waals surface area contributed by atoms with Gasteiger partial charge in [-0.1, -0.05) is 19.1 Å². The van der Waals surface area contributed by atoms with Gasteiger partial charge in [-0.15, -0.1) is 0 Å². The first-order chi connectivity index (χ1) is 11.0. The van der Waals surface area contributed by atoms with Crippen LogP contribution in [0.5, 0.6) is 0 Å². The lowest BCUT2D eigenvalue weighted by Crippen LogP contribution is -2.29. The molecule has 0 spiro atoms. The number of rotatable bonds is 5. The number of aryl methyl sites for hydroxylation is 2. The maximum atomic E-state index is 12.0. The van der Waals surface area contributed by atoms with E-state index in [9.17, 15) is 4.79 Å². The molecule has 2 amide bonds. The van der Waals surface area contributed by atoms with Gasteiger partial charge >= 0.3 is 6.03 Å². The number of benzene rings is 1. The van der Waals surface area contributed by atoms with Crippen molar-refractivity contribution in [3.63, 3.8) is 0 Å². The number of hydrogen-bond acceptors (Lipinski definition) is 4. The van der Waals surface area contributed by atoms with Gasteiger partial charge in [0.1, 0.15) is 0 Å². The second-order valence-corrected chi connectivity index (χ2v) is 5.56. The fraction of sp³-hybridized carbons (Fsp3) is 0.353. The van der Waals surface area contributed by atoms with Gasteiger partial charge in [0.2, 0.25) is 5.95 Å². The number of amides is 2. The number of nitrogens with zero attached hydrogens (tertiary/aromatic N) is 3. The van der Waals surface area contributed by atoms with Crippen LogP contribution in [0.2, 0.25) is 0 Å². The zero-order valence-corrected chi connectivity index (χ0v) is 14.1. The Balaban J connectivity index is 1.96. The van der Waals surface area contributed by atoms with E-state index < -0.39 is 0 Å². The summed E-state index contributed by atoms with van der Waals surface area (Å²) in [5.41, 5.74) is 3.62. The van der Waals surface area contributed by atoms with Crippen LogP contribution in [0.1, 0.15) is 23.9 Å². The number of nitrogens with one attached hydrogen (secondary N) is 2. The zero-order chi connectivity index (χ0) is 16.8. The third kappa shape index (κ3) is 4.95. The van der Waals surface area contributed by atoms with Crippen LogP contribution in [0.4, 0.5) is 16.4 Å². The van der Waals surface area contributed by atoms with Crippen LogP contribution in [0.3, 0.4) is 0 Å². The third-order valence-corrected chi connectivity index (χ3v) is 3.32. The monoisotopic (exact) mass is 313 g/mol. The second kappa shape index (κ2) is 7.58. The Hall–Kier alpha value is -2.63. The molecule has 2 aromatic rings. The van der Waals surface area contributed by atoms with Gasteiger partial charge in [0.05, 0.1) is 12.2 Å². The highest BCUT2D eigenvalue weighted by atomic mass is 16.2. The molecule has 0 aliphatic heterocycles. The lowest BCUT2D eigenvalue weighted by Gasteiger charge is -2.13. The molecule has 0 aliphatic carbocycles. The normalized spacial score (nSPS) is 10.3. The maximum Gasteiger partial charge on any atom is 0.319 e. The molecule has 0 fully saturated rings. The Morgan fingerprint density at radius 3 is 2.70 bits per heavy atom. The average Bonchev–Trinajstić information content (AvgIpc) is 2.52. The standard InChI is InChI=1S/C17H23N5O/c1-5-13-7-6-8-14(10-13)21-17(23)18-11-15-9-12(2)19-16(20-15)22(3)4/h6-10H,5,11H2,1-4H3,(H2,18,21,23). The number of aromatic nitrogens is 2. The van der Waals surface area contributed by atoms with Crippen LogP contribution >= 0.6 is 0 Å². The molecule has 0 radical (unpaired) electrons. The van der Waals surface area contributed by atoms with E-state index in [-0.39, 0.29) is 6.03 Å². The van der Waals surface area contributed by atoms with Crippen molar-refractivity contribution in [3.05, 3.63) is 47.3 Å². The number of anilines is 2. The molecule has 1 aromatic heterocycles. The van der Waals surface area contributed by atoms with E-state index in [1.54, 1.807) is 0 Å². The first-order valence-corrected chi connectivity index (χ1v) is 7.63. The Kier molecular flexibility index (Phi) is 5.51. The van der Waals surface area contributed by atoms with Crippen molar-refractivity contribution in [1.82, 2.24) is 15.3 Å². The average molecular weight is 313 g/mol. The number of urea groups is 1. The molecule has 0 unspecified atom stereocenters. The highest BCUT2D eigenvalue weighted by Gasteiger charge is 2.06. The zero-order valence-electron chi connectivity index (χ0n) is 14.1. The van der Waals surface area contributed by atoms with Crippen LogP contribution < -0.4 is 15.5 Å². The van der Waals surface area contributed by atoms with Crippen molar-refractivity contribution < 1.29 is 4.79 Å². The molecule has 1 heterocycles.